The minimum absolute atomic E-state index is 0. The van der Waals surface area contributed by atoms with E-state index in [4.69, 9.17) is 0 Å². The van der Waals surface area contributed by atoms with E-state index in [1.54, 1.807) is 0 Å². The Labute approximate surface area is 386 Å². The van der Waals surface area contributed by atoms with Gasteiger partial charge in [-0.1, -0.05) is 12.1 Å². The molecule has 0 amide bonds. The molecule has 2 nitrogen and oxygen atoms in total. The summed E-state index contributed by atoms with van der Waals surface area (Å²) in [5, 5.41) is -9.46. The fraction of sp³-hybridized carbons (Fsp3) is 0.105. The van der Waals surface area contributed by atoms with Gasteiger partial charge in [0, 0.05) is 11.4 Å². The molecular weight excluding hydrogens is 1130 g/mol. The van der Waals surface area contributed by atoms with Crippen LogP contribution in [0, 0.1) is 130 Å². The van der Waals surface area contributed by atoms with Crippen molar-refractivity contribution in [3.63, 3.8) is 0 Å². The Kier molecular flexibility index (Phi) is 17.9. The van der Waals surface area contributed by atoms with Gasteiger partial charge in [0.25, 0.3) is 0 Å². The van der Waals surface area contributed by atoms with Crippen molar-refractivity contribution in [2.45, 2.75) is 13.8 Å². The van der Waals surface area contributed by atoms with Gasteiger partial charge in [-0.15, -0.1) is 0 Å². The number of aromatic nitrogens is 2. The van der Waals surface area contributed by atoms with Crippen LogP contribution in [0.3, 0.4) is 0 Å². The van der Waals surface area contributed by atoms with E-state index in [2.05, 4.69) is 9.97 Å². The summed E-state index contributed by atoms with van der Waals surface area (Å²) in [6.45, 7) is 3.97. The predicted molar refractivity (Wildman–Crippen MR) is 200 cm³/mol. The van der Waals surface area contributed by atoms with E-state index in [-0.39, 0.29) is 17.1 Å². The van der Waals surface area contributed by atoms with Crippen molar-refractivity contribution in [3.05, 3.63) is 164 Å². The molecular formula is C38H18CuF26N2P3+2. The van der Waals surface area contributed by atoms with Crippen LogP contribution in [0.1, 0.15) is 11.4 Å². The maximum absolute atomic E-state index is 14.9. The summed E-state index contributed by atoms with van der Waals surface area (Å²) < 4.78 is 346. The van der Waals surface area contributed by atoms with Crippen molar-refractivity contribution in [3.8, 4) is 11.4 Å². The molecule has 0 aliphatic heterocycles. The Morgan fingerprint density at radius 1 is 0.314 bits per heavy atom. The first-order chi connectivity index (χ1) is 31.4. The van der Waals surface area contributed by atoms with Crippen LogP contribution < -0.4 is 21.2 Å². The van der Waals surface area contributed by atoms with Crippen molar-refractivity contribution in [2.24, 2.45) is 0 Å². The minimum atomic E-state index is -10.7. The zero-order valence-corrected chi connectivity index (χ0v) is 37.2. The average molecular weight is 1150 g/mol. The second-order valence-corrected chi connectivity index (χ2v) is 20.4. The minimum Gasteiger partial charge on any atom is -0.200 e. The monoisotopic (exact) mass is 1150 g/mol. The maximum atomic E-state index is 14.9. The van der Waals surface area contributed by atoms with E-state index in [0.717, 1.165) is 22.8 Å². The number of hydrogen-bond acceptors (Lipinski definition) is 2. The molecule has 0 bridgehead atoms. The van der Waals surface area contributed by atoms with Gasteiger partial charge in [0.15, 0.2) is 21.2 Å². The number of pyridine rings is 2. The Bertz CT molecular complexity index is 2560. The van der Waals surface area contributed by atoms with E-state index in [9.17, 15) is 113 Å². The molecule has 2 heterocycles. The van der Waals surface area contributed by atoms with Crippen molar-refractivity contribution in [1.29, 1.82) is 0 Å². The number of nitrogens with zero attached hydrogens (tertiary/aromatic N) is 2. The van der Waals surface area contributed by atoms with Gasteiger partial charge in [0.1, 0.15) is 12.3 Å². The van der Waals surface area contributed by atoms with Gasteiger partial charge in [0.05, 0.1) is 27.2 Å². The fourth-order valence-corrected chi connectivity index (χ4v) is 12.3. The Balaban J connectivity index is 0.000000483. The first kappa shape index (κ1) is 59.5. The van der Waals surface area contributed by atoms with E-state index >= 15 is 0 Å². The number of rotatable bonds is 8. The molecule has 0 aliphatic carbocycles. The zero-order valence-electron chi connectivity index (χ0n) is 33.3. The molecule has 0 saturated carbocycles. The second kappa shape index (κ2) is 21.1. The SMILES string of the molecule is Cc1cccc(-c2cccc(C)n2)n1.F[P-](F)(F)(F)(F)F.Fc1c(F)c(F)c([PH+](CC[PH+](c2c(F)c(F)c(F)c(F)c2F)c2c(F)c(F)c(F)c(F)c2F)c2c(F)c(F)c(F)c(F)c2F)c(F)c1F.[Cu+]. The molecule has 32 heteroatoms. The van der Waals surface area contributed by atoms with Crippen LogP contribution in [0.25, 0.3) is 11.4 Å². The van der Waals surface area contributed by atoms with Crippen molar-refractivity contribution >= 4 is 44.9 Å². The predicted octanol–water partition coefficient (Wildman–Crippen LogP) is 13.6. The fourth-order valence-electron chi connectivity index (χ4n) is 5.85. The third-order valence-electron chi connectivity index (χ3n) is 8.71. The molecule has 386 valence electrons. The topological polar surface area (TPSA) is 25.8 Å². The normalized spacial score (nSPS) is 12.5. The Hall–Kier alpha value is -4.83. The Morgan fingerprint density at radius 3 is 0.629 bits per heavy atom. The molecule has 70 heavy (non-hydrogen) atoms. The summed E-state index contributed by atoms with van der Waals surface area (Å²) in [7, 11) is -20.5. The van der Waals surface area contributed by atoms with Gasteiger partial charge in [-0.25, -0.2) is 52.7 Å². The van der Waals surface area contributed by atoms with E-state index in [1.165, 1.54) is 0 Å². The van der Waals surface area contributed by atoms with Crippen molar-refractivity contribution in [2.75, 3.05) is 12.3 Å². The smallest absolute Gasteiger partial charge is 0.200 e. The first-order valence-corrected chi connectivity index (χ1v) is 23.1. The van der Waals surface area contributed by atoms with Gasteiger partial charge in [-0.2, -0.15) is 35.1 Å². The third-order valence-corrected chi connectivity index (χ3v) is 14.9. The average Bonchev–Trinajstić information content (AvgIpc) is 3.26. The molecule has 6 rings (SSSR count). The van der Waals surface area contributed by atoms with E-state index < -0.39 is 174 Å². The molecule has 0 N–H and O–H groups in total. The van der Waals surface area contributed by atoms with Crippen LogP contribution in [0.5, 0.6) is 0 Å². The molecule has 0 atom stereocenters. The largest absolute Gasteiger partial charge is 1.00 e. The zero-order chi connectivity index (χ0) is 52.8. The summed E-state index contributed by atoms with van der Waals surface area (Å²) >= 11 is 0. The third kappa shape index (κ3) is 13.2. The quantitative estimate of drug-likeness (QED) is 0.0499. The number of halogens is 26. The molecule has 6 aromatic rings. The molecule has 0 fully saturated rings. The number of hydrogen-bond donors (Lipinski definition) is 0. The van der Waals surface area contributed by atoms with Crippen LogP contribution in [0.15, 0.2) is 36.4 Å². The van der Waals surface area contributed by atoms with Crippen molar-refractivity contribution in [1.82, 2.24) is 9.97 Å². The summed E-state index contributed by atoms with van der Waals surface area (Å²) in [6, 6.07) is 11.9. The van der Waals surface area contributed by atoms with Crippen LogP contribution >= 0.6 is 23.7 Å². The number of aryl methyl sites for hydroxylation is 2. The molecule has 0 spiro atoms. The van der Waals surface area contributed by atoms with Crippen molar-refractivity contribution < 1.29 is 130 Å². The second-order valence-electron chi connectivity index (χ2n) is 13.5. The van der Waals surface area contributed by atoms with Gasteiger partial charge in [0.2, 0.25) is 116 Å². The molecule has 0 aliphatic rings. The Morgan fingerprint density at radius 2 is 0.471 bits per heavy atom. The summed E-state index contributed by atoms with van der Waals surface area (Å²) in [5.74, 6) is -59.1. The van der Waals surface area contributed by atoms with Gasteiger partial charge >= 0.3 is 50.1 Å². The number of benzene rings is 4. The standard InChI is InChI=1S/C26H4F20P2.C12H12N2.Cu.F6P/c27-3-7(31)15(39)23(16(40)8(3)32)47(24-17(41)9(33)4(28)10(34)18(24)42)1-2-48(25-19(43)11(35)5(29)12(36)20(25)44)26-21(45)13(37)6(30)14(38)22(26)46;1-9-5-3-7-11(13-9)12-8-4-6-10(2)14-12;;1-7(2,3,4,5)6/h1-2H2;3-8H,1-2H3;;/q;;+1;-1/p+2. The van der Waals surface area contributed by atoms with Crippen LogP contribution in [-0.2, 0) is 17.1 Å². The summed E-state index contributed by atoms with van der Waals surface area (Å²) in [5.41, 5.74) is 3.92. The summed E-state index contributed by atoms with van der Waals surface area (Å²) in [6.07, 6.45) is -3.93. The molecule has 0 unspecified atom stereocenters. The molecule has 0 radical (unpaired) electrons. The maximum Gasteiger partial charge on any atom is 1.00 e. The van der Waals surface area contributed by atoms with Crippen LogP contribution in [0.2, 0.25) is 0 Å². The van der Waals surface area contributed by atoms with Gasteiger partial charge < -0.3 is 0 Å². The van der Waals surface area contributed by atoms with E-state index in [1.807, 2.05) is 50.2 Å². The van der Waals surface area contributed by atoms with Gasteiger partial charge in [-0.3, -0.25) is 9.97 Å². The first-order valence-electron chi connectivity index (χ1n) is 17.6. The van der Waals surface area contributed by atoms with Crippen LogP contribution in [-0.4, -0.2) is 22.3 Å². The van der Waals surface area contributed by atoms with Gasteiger partial charge in [-0.05, 0) is 38.1 Å². The summed E-state index contributed by atoms with van der Waals surface area (Å²) in [4.78, 5) is 8.84. The molecule has 4 aromatic carbocycles. The molecule has 2 aromatic heterocycles. The van der Waals surface area contributed by atoms with Crippen LogP contribution in [0.4, 0.5) is 113 Å². The van der Waals surface area contributed by atoms with E-state index in [0.29, 0.717) is 0 Å². The molecule has 0 saturated heterocycles.